The Hall–Kier alpha value is -1.46. The van der Waals surface area contributed by atoms with Gasteiger partial charge in [-0.15, -0.1) is 0 Å². The fourth-order valence-electron chi connectivity index (χ4n) is 1.72. The van der Waals surface area contributed by atoms with Gasteiger partial charge in [-0.25, -0.2) is 4.79 Å². The van der Waals surface area contributed by atoms with Crippen molar-refractivity contribution in [2.75, 3.05) is 20.3 Å². The van der Waals surface area contributed by atoms with Gasteiger partial charge in [-0.1, -0.05) is 25.4 Å². The molecule has 6 heteroatoms. The van der Waals surface area contributed by atoms with E-state index in [4.69, 9.17) is 25.8 Å². The van der Waals surface area contributed by atoms with Crippen molar-refractivity contribution < 1.29 is 19.0 Å². The first-order valence-electron chi connectivity index (χ1n) is 6.86. The van der Waals surface area contributed by atoms with E-state index in [1.807, 2.05) is 13.8 Å². The van der Waals surface area contributed by atoms with Gasteiger partial charge in [-0.3, -0.25) is 0 Å². The van der Waals surface area contributed by atoms with E-state index < -0.39 is 5.97 Å². The number of carbonyl (C=O) groups excluding carboxylic acids is 1. The minimum absolute atomic E-state index is 0.166. The molecule has 0 saturated heterocycles. The number of benzene rings is 1. The van der Waals surface area contributed by atoms with E-state index in [2.05, 4.69) is 5.32 Å². The number of halogens is 1. The molecule has 0 aliphatic heterocycles. The molecule has 0 radical (unpaired) electrons. The van der Waals surface area contributed by atoms with Crippen LogP contribution in [0.25, 0.3) is 0 Å². The van der Waals surface area contributed by atoms with Crippen molar-refractivity contribution in [3.05, 3.63) is 22.7 Å². The fraction of sp³-hybridized carbons (Fsp3) is 0.533. The molecule has 21 heavy (non-hydrogen) atoms. The molecule has 1 aromatic rings. The molecule has 0 fully saturated rings. The van der Waals surface area contributed by atoms with Gasteiger partial charge in [0.15, 0.2) is 18.1 Å². The molecule has 0 atom stereocenters. The van der Waals surface area contributed by atoms with Crippen molar-refractivity contribution in [3.8, 4) is 11.5 Å². The third-order valence-corrected chi connectivity index (χ3v) is 2.88. The van der Waals surface area contributed by atoms with E-state index >= 15 is 0 Å². The standard InChI is InChI=1S/C15H22ClNO4/c1-5-20-14(18)9-21-15-11(8-17-10(2)3)6-12(16)7-13(15)19-4/h6-7,10,17H,5,8-9H2,1-4H3. The van der Waals surface area contributed by atoms with Crippen LogP contribution in [0.3, 0.4) is 0 Å². The lowest BCUT2D eigenvalue weighted by atomic mass is 10.1. The molecule has 0 saturated carbocycles. The summed E-state index contributed by atoms with van der Waals surface area (Å²) in [7, 11) is 1.53. The molecule has 0 spiro atoms. The van der Waals surface area contributed by atoms with Crippen LogP contribution in [0.5, 0.6) is 11.5 Å². The smallest absolute Gasteiger partial charge is 0.344 e. The predicted molar refractivity (Wildman–Crippen MR) is 82.1 cm³/mol. The van der Waals surface area contributed by atoms with Crippen LogP contribution in [0.15, 0.2) is 12.1 Å². The highest BCUT2D eigenvalue weighted by atomic mass is 35.5. The van der Waals surface area contributed by atoms with Gasteiger partial charge in [0.2, 0.25) is 0 Å². The van der Waals surface area contributed by atoms with Gasteiger partial charge in [0.05, 0.1) is 13.7 Å². The zero-order valence-electron chi connectivity index (χ0n) is 12.9. The van der Waals surface area contributed by atoms with Gasteiger partial charge >= 0.3 is 5.97 Å². The maximum absolute atomic E-state index is 11.4. The van der Waals surface area contributed by atoms with Crippen LogP contribution in [-0.2, 0) is 16.1 Å². The molecule has 0 heterocycles. The Morgan fingerprint density at radius 2 is 2.10 bits per heavy atom. The van der Waals surface area contributed by atoms with E-state index in [-0.39, 0.29) is 6.61 Å². The minimum atomic E-state index is -0.419. The highest BCUT2D eigenvalue weighted by Crippen LogP contribution is 2.34. The Morgan fingerprint density at radius 1 is 1.38 bits per heavy atom. The molecule has 1 rings (SSSR count). The lowest BCUT2D eigenvalue weighted by Crippen LogP contribution is -2.23. The summed E-state index contributed by atoms with van der Waals surface area (Å²) in [6.07, 6.45) is 0. The van der Waals surface area contributed by atoms with Crippen molar-refractivity contribution in [2.45, 2.75) is 33.4 Å². The molecule has 0 aliphatic carbocycles. The number of rotatable bonds is 8. The summed E-state index contributed by atoms with van der Waals surface area (Å²) in [5.74, 6) is 0.577. The zero-order valence-corrected chi connectivity index (χ0v) is 13.6. The van der Waals surface area contributed by atoms with Crippen molar-refractivity contribution in [2.24, 2.45) is 0 Å². The zero-order chi connectivity index (χ0) is 15.8. The maximum Gasteiger partial charge on any atom is 0.344 e. The number of hydrogen-bond donors (Lipinski definition) is 1. The van der Waals surface area contributed by atoms with E-state index in [1.165, 1.54) is 7.11 Å². The first-order valence-corrected chi connectivity index (χ1v) is 7.23. The van der Waals surface area contributed by atoms with Gasteiger partial charge in [0.1, 0.15) is 0 Å². The average Bonchev–Trinajstić information content (AvgIpc) is 2.43. The van der Waals surface area contributed by atoms with Crippen LogP contribution in [0, 0.1) is 0 Å². The van der Waals surface area contributed by atoms with Crippen molar-refractivity contribution in [3.63, 3.8) is 0 Å². The molecular formula is C15H22ClNO4. The molecule has 0 unspecified atom stereocenters. The SMILES string of the molecule is CCOC(=O)COc1c(CNC(C)C)cc(Cl)cc1OC. The van der Waals surface area contributed by atoms with E-state index in [0.717, 1.165) is 5.56 Å². The summed E-state index contributed by atoms with van der Waals surface area (Å²) in [5, 5.41) is 3.83. The Kier molecular flexibility index (Phi) is 7.32. The highest BCUT2D eigenvalue weighted by molar-refractivity contribution is 6.30. The Labute approximate surface area is 130 Å². The molecule has 0 amide bonds. The quantitative estimate of drug-likeness (QED) is 0.748. The number of hydrogen-bond acceptors (Lipinski definition) is 5. The van der Waals surface area contributed by atoms with Gasteiger partial charge in [-0.2, -0.15) is 0 Å². The summed E-state index contributed by atoms with van der Waals surface area (Å²) >= 11 is 6.07. The van der Waals surface area contributed by atoms with Gasteiger partial charge in [0, 0.05) is 29.2 Å². The van der Waals surface area contributed by atoms with Crippen molar-refractivity contribution in [1.82, 2.24) is 5.32 Å². The number of carbonyl (C=O) groups is 1. The second-order valence-corrected chi connectivity index (χ2v) is 5.16. The number of nitrogens with one attached hydrogen (secondary N) is 1. The van der Waals surface area contributed by atoms with E-state index in [0.29, 0.717) is 35.7 Å². The number of methoxy groups -OCH3 is 1. The van der Waals surface area contributed by atoms with E-state index in [9.17, 15) is 4.79 Å². The lowest BCUT2D eigenvalue weighted by Gasteiger charge is -2.17. The third-order valence-electron chi connectivity index (χ3n) is 2.66. The topological polar surface area (TPSA) is 56.8 Å². The first-order chi connectivity index (χ1) is 9.97. The normalized spacial score (nSPS) is 10.6. The molecular weight excluding hydrogens is 294 g/mol. The molecule has 1 N–H and O–H groups in total. The second kappa shape index (κ2) is 8.74. The Morgan fingerprint density at radius 3 is 2.67 bits per heavy atom. The summed E-state index contributed by atoms with van der Waals surface area (Å²) in [6, 6.07) is 3.76. The summed E-state index contributed by atoms with van der Waals surface area (Å²) in [6.45, 7) is 6.55. The molecule has 0 aromatic heterocycles. The van der Waals surface area contributed by atoms with Crippen LogP contribution in [0.2, 0.25) is 5.02 Å². The molecule has 118 valence electrons. The average molecular weight is 316 g/mol. The van der Waals surface area contributed by atoms with Gasteiger partial charge in [0.25, 0.3) is 0 Å². The molecule has 0 aliphatic rings. The van der Waals surface area contributed by atoms with Crippen LogP contribution in [0.1, 0.15) is 26.3 Å². The highest BCUT2D eigenvalue weighted by Gasteiger charge is 2.15. The molecule has 0 bridgehead atoms. The van der Waals surface area contributed by atoms with Gasteiger partial charge < -0.3 is 19.5 Å². The summed E-state index contributed by atoms with van der Waals surface area (Å²) in [5.41, 5.74) is 0.831. The fourth-order valence-corrected chi connectivity index (χ4v) is 1.95. The minimum Gasteiger partial charge on any atom is -0.493 e. The van der Waals surface area contributed by atoms with Crippen molar-refractivity contribution in [1.29, 1.82) is 0 Å². The van der Waals surface area contributed by atoms with Crippen LogP contribution < -0.4 is 14.8 Å². The molecule has 5 nitrogen and oxygen atoms in total. The monoisotopic (exact) mass is 315 g/mol. The number of ether oxygens (including phenoxy) is 3. The van der Waals surface area contributed by atoms with E-state index in [1.54, 1.807) is 19.1 Å². The maximum atomic E-state index is 11.4. The van der Waals surface area contributed by atoms with Crippen LogP contribution in [-0.4, -0.2) is 32.3 Å². The second-order valence-electron chi connectivity index (χ2n) is 4.73. The van der Waals surface area contributed by atoms with Crippen LogP contribution >= 0.6 is 11.6 Å². The van der Waals surface area contributed by atoms with Crippen LogP contribution in [0.4, 0.5) is 0 Å². The summed E-state index contributed by atoms with van der Waals surface area (Å²) < 4.78 is 15.7. The predicted octanol–water partition coefficient (Wildman–Crippen LogP) is 2.79. The first kappa shape index (κ1) is 17.6. The lowest BCUT2D eigenvalue weighted by molar-refractivity contribution is -0.145. The third kappa shape index (κ3) is 5.81. The number of esters is 1. The van der Waals surface area contributed by atoms with Gasteiger partial charge in [-0.05, 0) is 13.0 Å². The Bertz CT molecular complexity index is 477. The largest absolute Gasteiger partial charge is 0.493 e. The molecule has 1 aromatic carbocycles. The Balaban J connectivity index is 2.93. The van der Waals surface area contributed by atoms with Crippen molar-refractivity contribution >= 4 is 17.6 Å². The summed E-state index contributed by atoms with van der Waals surface area (Å²) in [4.78, 5) is 11.4.